The number of aryl methyl sites for hydroxylation is 1. The van der Waals surface area contributed by atoms with E-state index in [0.29, 0.717) is 24.1 Å². The van der Waals surface area contributed by atoms with Crippen LogP contribution in [-0.4, -0.2) is 29.6 Å². The Kier molecular flexibility index (Phi) is 4.74. The van der Waals surface area contributed by atoms with E-state index >= 15 is 0 Å². The Hall–Kier alpha value is -1.88. The zero-order chi connectivity index (χ0) is 14.5. The predicted molar refractivity (Wildman–Crippen MR) is 77.0 cm³/mol. The van der Waals surface area contributed by atoms with E-state index in [4.69, 9.17) is 5.11 Å². The maximum Gasteiger partial charge on any atom is 0.319 e. The molecule has 0 heterocycles. The molecule has 2 amide bonds. The molecule has 5 heteroatoms. The van der Waals surface area contributed by atoms with Gasteiger partial charge in [-0.05, 0) is 37.0 Å². The van der Waals surface area contributed by atoms with Crippen molar-refractivity contribution in [3.05, 3.63) is 29.3 Å². The van der Waals surface area contributed by atoms with E-state index in [1.54, 1.807) is 12.1 Å². The number of fused-ring (bicyclic) bond motifs is 1. The minimum absolute atomic E-state index is 0.0907. The largest absolute Gasteiger partial charge is 0.394 e. The zero-order valence-electron chi connectivity index (χ0n) is 11.6. The molecule has 0 aromatic heterocycles. The number of hydrogen-bond donors (Lipinski definition) is 3. The fourth-order valence-electron chi connectivity index (χ4n) is 2.34. The van der Waals surface area contributed by atoms with Gasteiger partial charge in [-0.1, -0.05) is 13.0 Å². The number of aliphatic hydroxyl groups is 1. The van der Waals surface area contributed by atoms with Crippen molar-refractivity contribution in [3.63, 3.8) is 0 Å². The van der Waals surface area contributed by atoms with Crippen LogP contribution in [-0.2, 0) is 6.42 Å². The number of Topliss-reactive ketones (excluding diaryl/α,β-unsaturated/α-hetero) is 1. The standard InChI is InChI=1S/C15H20N2O3/c1-2-11(9-18)16-15(20)17-12-7-6-10-4-3-5-14(19)13(10)8-12/h6-8,11,18H,2-5,9H2,1H3,(H2,16,17,20). The summed E-state index contributed by atoms with van der Waals surface area (Å²) >= 11 is 0. The first kappa shape index (κ1) is 14.5. The summed E-state index contributed by atoms with van der Waals surface area (Å²) in [6, 6.07) is 4.81. The topological polar surface area (TPSA) is 78.4 Å². The number of ketones is 1. The maximum atomic E-state index is 11.8. The Labute approximate surface area is 118 Å². The number of benzene rings is 1. The number of amides is 2. The number of aliphatic hydroxyl groups excluding tert-OH is 1. The van der Waals surface area contributed by atoms with Crippen LogP contribution < -0.4 is 10.6 Å². The number of carbonyl (C=O) groups excluding carboxylic acids is 2. The summed E-state index contributed by atoms with van der Waals surface area (Å²) in [6.07, 6.45) is 3.04. The third kappa shape index (κ3) is 3.36. The second-order valence-corrected chi connectivity index (χ2v) is 5.03. The van der Waals surface area contributed by atoms with Crippen LogP contribution in [0.2, 0.25) is 0 Å². The summed E-state index contributed by atoms with van der Waals surface area (Å²) in [5, 5.41) is 14.4. The third-order valence-electron chi connectivity index (χ3n) is 3.57. The Morgan fingerprint density at radius 1 is 1.40 bits per heavy atom. The van der Waals surface area contributed by atoms with E-state index in [2.05, 4.69) is 10.6 Å². The molecule has 1 aliphatic rings. The van der Waals surface area contributed by atoms with Crippen LogP contribution in [0.3, 0.4) is 0 Å². The molecule has 0 saturated heterocycles. The first-order chi connectivity index (χ1) is 9.63. The van der Waals surface area contributed by atoms with Gasteiger partial charge in [-0.3, -0.25) is 4.79 Å². The number of rotatable bonds is 4. The van der Waals surface area contributed by atoms with Gasteiger partial charge in [-0.15, -0.1) is 0 Å². The highest BCUT2D eigenvalue weighted by molar-refractivity contribution is 6.00. The molecule has 0 spiro atoms. The highest BCUT2D eigenvalue weighted by atomic mass is 16.3. The summed E-state index contributed by atoms with van der Waals surface area (Å²) in [7, 11) is 0. The van der Waals surface area contributed by atoms with Crippen LogP contribution >= 0.6 is 0 Å². The molecule has 1 aromatic rings. The molecule has 3 N–H and O–H groups in total. The van der Waals surface area contributed by atoms with Gasteiger partial charge < -0.3 is 15.7 Å². The van der Waals surface area contributed by atoms with E-state index in [-0.39, 0.29) is 24.5 Å². The van der Waals surface area contributed by atoms with Crippen LogP contribution in [0.4, 0.5) is 10.5 Å². The summed E-state index contributed by atoms with van der Waals surface area (Å²) < 4.78 is 0. The molecule has 1 aliphatic carbocycles. The van der Waals surface area contributed by atoms with E-state index in [1.807, 2.05) is 13.0 Å². The number of nitrogens with one attached hydrogen (secondary N) is 2. The lowest BCUT2D eigenvalue weighted by Gasteiger charge is -2.17. The summed E-state index contributed by atoms with van der Waals surface area (Å²) in [5.74, 6) is 0.136. The summed E-state index contributed by atoms with van der Waals surface area (Å²) in [5.41, 5.74) is 2.36. The first-order valence-electron chi connectivity index (χ1n) is 6.98. The van der Waals surface area contributed by atoms with E-state index in [9.17, 15) is 9.59 Å². The minimum Gasteiger partial charge on any atom is -0.394 e. The summed E-state index contributed by atoms with van der Waals surface area (Å²) in [6.45, 7) is 1.80. The van der Waals surface area contributed by atoms with E-state index < -0.39 is 0 Å². The van der Waals surface area contributed by atoms with Crippen molar-refractivity contribution >= 4 is 17.5 Å². The molecule has 0 saturated carbocycles. The highest BCUT2D eigenvalue weighted by Crippen LogP contribution is 2.24. The number of urea groups is 1. The molecule has 108 valence electrons. The predicted octanol–water partition coefficient (Wildman–Crippen LogP) is 2.10. The lowest BCUT2D eigenvalue weighted by molar-refractivity contribution is 0.0972. The first-order valence-corrected chi connectivity index (χ1v) is 6.98. The Morgan fingerprint density at radius 3 is 2.90 bits per heavy atom. The van der Waals surface area contributed by atoms with Crippen molar-refractivity contribution in [2.24, 2.45) is 0 Å². The van der Waals surface area contributed by atoms with Gasteiger partial charge in [-0.25, -0.2) is 4.79 Å². The average Bonchev–Trinajstić information content (AvgIpc) is 2.45. The van der Waals surface area contributed by atoms with Crippen molar-refractivity contribution in [1.82, 2.24) is 5.32 Å². The second-order valence-electron chi connectivity index (χ2n) is 5.03. The van der Waals surface area contributed by atoms with Gasteiger partial charge in [0.05, 0.1) is 12.6 Å². The van der Waals surface area contributed by atoms with Crippen molar-refractivity contribution in [2.75, 3.05) is 11.9 Å². The molecule has 1 aromatic carbocycles. The summed E-state index contributed by atoms with van der Waals surface area (Å²) in [4.78, 5) is 23.6. The van der Waals surface area contributed by atoms with E-state index in [0.717, 1.165) is 18.4 Å². The smallest absolute Gasteiger partial charge is 0.319 e. The highest BCUT2D eigenvalue weighted by Gasteiger charge is 2.18. The molecule has 0 bridgehead atoms. The lowest BCUT2D eigenvalue weighted by Crippen LogP contribution is -2.39. The second kappa shape index (κ2) is 6.52. The fourth-order valence-corrected chi connectivity index (χ4v) is 2.34. The van der Waals surface area contributed by atoms with Crippen molar-refractivity contribution < 1.29 is 14.7 Å². The molecule has 2 rings (SSSR count). The monoisotopic (exact) mass is 276 g/mol. The van der Waals surface area contributed by atoms with Gasteiger partial charge in [0.25, 0.3) is 0 Å². The quantitative estimate of drug-likeness (QED) is 0.788. The molecule has 0 radical (unpaired) electrons. The van der Waals surface area contributed by atoms with Crippen LogP contribution in [0.5, 0.6) is 0 Å². The molecule has 0 aliphatic heterocycles. The van der Waals surface area contributed by atoms with Gasteiger partial charge in [0.2, 0.25) is 0 Å². The number of carbonyl (C=O) groups is 2. The van der Waals surface area contributed by atoms with Gasteiger partial charge in [0.1, 0.15) is 0 Å². The van der Waals surface area contributed by atoms with Crippen LogP contribution in [0.15, 0.2) is 18.2 Å². The molecule has 1 atom stereocenters. The Bertz CT molecular complexity index is 510. The zero-order valence-corrected chi connectivity index (χ0v) is 11.6. The number of anilines is 1. The van der Waals surface area contributed by atoms with Crippen molar-refractivity contribution in [3.8, 4) is 0 Å². The molecular weight excluding hydrogens is 256 g/mol. The third-order valence-corrected chi connectivity index (χ3v) is 3.57. The molecular formula is C15H20N2O3. The molecule has 1 unspecified atom stereocenters. The normalized spacial score (nSPS) is 15.4. The number of hydrogen-bond acceptors (Lipinski definition) is 3. The lowest BCUT2D eigenvalue weighted by atomic mass is 9.90. The van der Waals surface area contributed by atoms with Crippen molar-refractivity contribution in [1.29, 1.82) is 0 Å². The molecule has 20 heavy (non-hydrogen) atoms. The molecule has 5 nitrogen and oxygen atoms in total. The maximum absolute atomic E-state index is 11.8. The fraction of sp³-hybridized carbons (Fsp3) is 0.467. The van der Waals surface area contributed by atoms with Crippen LogP contribution in [0, 0.1) is 0 Å². The van der Waals surface area contributed by atoms with Gasteiger partial charge in [-0.2, -0.15) is 0 Å². The average molecular weight is 276 g/mol. The van der Waals surface area contributed by atoms with Crippen LogP contribution in [0.25, 0.3) is 0 Å². The van der Waals surface area contributed by atoms with Gasteiger partial charge in [0, 0.05) is 17.7 Å². The van der Waals surface area contributed by atoms with E-state index in [1.165, 1.54) is 0 Å². The van der Waals surface area contributed by atoms with Gasteiger partial charge >= 0.3 is 6.03 Å². The Morgan fingerprint density at radius 2 is 2.20 bits per heavy atom. The molecule has 0 fully saturated rings. The Balaban J connectivity index is 2.05. The van der Waals surface area contributed by atoms with Crippen molar-refractivity contribution in [2.45, 2.75) is 38.6 Å². The van der Waals surface area contributed by atoms with Gasteiger partial charge in [0.15, 0.2) is 5.78 Å². The van der Waals surface area contributed by atoms with Crippen LogP contribution in [0.1, 0.15) is 42.1 Å². The SMILES string of the molecule is CCC(CO)NC(=O)Nc1ccc2c(c1)C(=O)CCC2. The minimum atomic E-state index is -0.367.